The van der Waals surface area contributed by atoms with Crippen LogP contribution in [0.15, 0.2) is 18.2 Å². The van der Waals surface area contributed by atoms with E-state index in [1.165, 1.54) is 18.2 Å². The Hall–Kier alpha value is -1.86. The number of amides is 1. The molecular formula is C17H20FNO2. The van der Waals surface area contributed by atoms with Crippen LogP contribution in [-0.4, -0.2) is 35.1 Å². The molecule has 1 aliphatic carbocycles. The number of benzene rings is 1. The predicted octanol–water partition coefficient (Wildman–Crippen LogP) is 2.43. The van der Waals surface area contributed by atoms with Crippen molar-refractivity contribution in [1.29, 1.82) is 0 Å². The molecule has 1 N–H and O–H groups in total. The number of hydrogen-bond acceptors (Lipinski definition) is 2. The molecular weight excluding hydrogens is 269 g/mol. The van der Waals surface area contributed by atoms with Crippen LogP contribution in [0.3, 0.4) is 0 Å². The lowest BCUT2D eigenvalue weighted by atomic mass is 10.1. The summed E-state index contributed by atoms with van der Waals surface area (Å²) in [5, 5.41) is 8.79. The van der Waals surface area contributed by atoms with E-state index in [0.29, 0.717) is 17.0 Å². The fourth-order valence-corrected chi connectivity index (χ4v) is 2.20. The second-order valence-corrected chi connectivity index (χ2v) is 5.64. The summed E-state index contributed by atoms with van der Waals surface area (Å²) in [6, 6.07) is 4.07. The minimum Gasteiger partial charge on any atom is -0.384 e. The standard InChI is InChI=1S/C17H20FNO2/c1-12(2)19(11-13-5-6-13)17(21)16-8-7-15(18)10-14(16)4-3-9-20/h7-8,10,12-13,20H,5-6,9,11H2,1-2H3. The molecule has 0 aromatic heterocycles. The van der Waals surface area contributed by atoms with Crippen LogP contribution in [-0.2, 0) is 0 Å². The molecule has 0 saturated heterocycles. The molecule has 0 unspecified atom stereocenters. The second kappa shape index (κ2) is 6.73. The Kier molecular flexibility index (Phi) is 4.98. The zero-order chi connectivity index (χ0) is 15.4. The topological polar surface area (TPSA) is 40.5 Å². The quantitative estimate of drug-likeness (QED) is 0.865. The van der Waals surface area contributed by atoms with Gasteiger partial charge in [-0.2, -0.15) is 0 Å². The van der Waals surface area contributed by atoms with Gasteiger partial charge < -0.3 is 10.0 Å². The van der Waals surface area contributed by atoms with E-state index in [9.17, 15) is 9.18 Å². The Morgan fingerprint density at radius 2 is 2.19 bits per heavy atom. The third-order valence-corrected chi connectivity index (χ3v) is 3.55. The normalized spacial score (nSPS) is 13.8. The van der Waals surface area contributed by atoms with Crippen molar-refractivity contribution in [3.63, 3.8) is 0 Å². The molecule has 1 amide bonds. The highest BCUT2D eigenvalue weighted by Crippen LogP contribution is 2.31. The predicted molar refractivity (Wildman–Crippen MR) is 79.3 cm³/mol. The first-order valence-corrected chi connectivity index (χ1v) is 7.23. The smallest absolute Gasteiger partial charge is 0.255 e. The van der Waals surface area contributed by atoms with Crippen LogP contribution in [0.5, 0.6) is 0 Å². The SMILES string of the molecule is CC(C)N(CC1CC1)C(=O)c1ccc(F)cc1C#CCO. The maximum absolute atomic E-state index is 13.4. The van der Waals surface area contributed by atoms with Crippen LogP contribution in [0.4, 0.5) is 4.39 Å². The van der Waals surface area contributed by atoms with Crippen molar-refractivity contribution in [3.8, 4) is 11.8 Å². The van der Waals surface area contributed by atoms with Crippen LogP contribution < -0.4 is 0 Å². The first kappa shape index (κ1) is 15.5. The van der Waals surface area contributed by atoms with Crippen LogP contribution in [0.2, 0.25) is 0 Å². The van der Waals surface area contributed by atoms with Gasteiger partial charge in [-0.15, -0.1) is 0 Å². The number of carbonyl (C=O) groups excluding carboxylic acids is 1. The largest absolute Gasteiger partial charge is 0.384 e. The van der Waals surface area contributed by atoms with Crippen molar-refractivity contribution in [2.24, 2.45) is 5.92 Å². The van der Waals surface area contributed by atoms with E-state index < -0.39 is 5.82 Å². The number of rotatable bonds is 4. The lowest BCUT2D eigenvalue weighted by molar-refractivity contribution is 0.0696. The van der Waals surface area contributed by atoms with Crippen LogP contribution in [0.25, 0.3) is 0 Å². The second-order valence-electron chi connectivity index (χ2n) is 5.64. The first-order chi connectivity index (χ1) is 10.0. The van der Waals surface area contributed by atoms with E-state index in [1.54, 1.807) is 0 Å². The number of aliphatic hydroxyl groups excluding tert-OH is 1. The average Bonchev–Trinajstić information content (AvgIpc) is 3.25. The van der Waals surface area contributed by atoms with Gasteiger partial charge in [0.25, 0.3) is 5.91 Å². The van der Waals surface area contributed by atoms with Gasteiger partial charge in [0.05, 0.1) is 5.56 Å². The number of carbonyl (C=O) groups is 1. The summed E-state index contributed by atoms with van der Waals surface area (Å²) >= 11 is 0. The summed E-state index contributed by atoms with van der Waals surface area (Å²) in [6.07, 6.45) is 2.33. The molecule has 0 bridgehead atoms. The Bertz CT molecular complexity index is 582. The maximum atomic E-state index is 13.4. The molecule has 1 saturated carbocycles. The molecule has 0 radical (unpaired) electrons. The van der Waals surface area contributed by atoms with Crippen molar-refractivity contribution in [2.45, 2.75) is 32.7 Å². The lowest BCUT2D eigenvalue weighted by Gasteiger charge is -2.27. The molecule has 0 aliphatic heterocycles. The summed E-state index contributed by atoms with van der Waals surface area (Å²) in [5.41, 5.74) is 0.724. The fourth-order valence-electron chi connectivity index (χ4n) is 2.20. The van der Waals surface area contributed by atoms with Crippen LogP contribution >= 0.6 is 0 Å². The van der Waals surface area contributed by atoms with Crippen molar-refractivity contribution in [1.82, 2.24) is 4.90 Å². The molecule has 0 atom stereocenters. The van der Waals surface area contributed by atoms with Gasteiger partial charge in [-0.05, 0) is 50.8 Å². The number of halogens is 1. The van der Waals surface area contributed by atoms with Crippen molar-refractivity contribution < 1.29 is 14.3 Å². The summed E-state index contributed by atoms with van der Waals surface area (Å²) in [6.45, 7) is 4.37. The molecule has 1 aliphatic rings. The van der Waals surface area contributed by atoms with E-state index in [2.05, 4.69) is 11.8 Å². The maximum Gasteiger partial charge on any atom is 0.255 e. The highest BCUT2D eigenvalue weighted by Gasteiger charge is 2.29. The Balaban J connectivity index is 2.31. The molecule has 2 rings (SSSR count). The Morgan fingerprint density at radius 1 is 1.48 bits per heavy atom. The van der Waals surface area contributed by atoms with E-state index in [-0.39, 0.29) is 18.6 Å². The molecule has 3 nitrogen and oxygen atoms in total. The van der Waals surface area contributed by atoms with Crippen LogP contribution in [0, 0.1) is 23.6 Å². The average molecular weight is 289 g/mol. The minimum absolute atomic E-state index is 0.0850. The Labute approximate surface area is 124 Å². The van der Waals surface area contributed by atoms with Gasteiger partial charge in [-0.1, -0.05) is 11.8 Å². The summed E-state index contributed by atoms with van der Waals surface area (Å²) in [7, 11) is 0. The van der Waals surface area contributed by atoms with Gasteiger partial charge >= 0.3 is 0 Å². The lowest BCUT2D eigenvalue weighted by Crippen LogP contribution is -2.38. The van der Waals surface area contributed by atoms with E-state index in [1.807, 2.05) is 18.7 Å². The molecule has 21 heavy (non-hydrogen) atoms. The number of hydrogen-bond donors (Lipinski definition) is 1. The third-order valence-electron chi connectivity index (χ3n) is 3.55. The van der Waals surface area contributed by atoms with Gasteiger partial charge in [-0.25, -0.2) is 4.39 Å². The monoisotopic (exact) mass is 289 g/mol. The van der Waals surface area contributed by atoms with Crippen LogP contribution in [0.1, 0.15) is 42.6 Å². The molecule has 1 fully saturated rings. The summed E-state index contributed by atoms with van der Waals surface area (Å²) < 4.78 is 13.4. The van der Waals surface area contributed by atoms with E-state index in [4.69, 9.17) is 5.11 Å². The van der Waals surface area contributed by atoms with Gasteiger partial charge in [0.1, 0.15) is 12.4 Å². The van der Waals surface area contributed by atoms with E-state index in [0.717, 1.165) is 19.4 Å². The zero-order valence-corrected chi connectivity index (χ0v) is 12.4. The van der Waals surface area contributed by atoms with Gasteiger partial charge in [0, 0.05) is 18.2 Å². The van der Waals surface area contributed by atoms with Gasteiger partial charge in [0.15, 0.2) is 0 Å². The molecule has 112 valence electrons. The molecule has 4 heteroatoms. The summed E-state index contributed by atoms with van der Waals surface area (Å²) in [4.78, 5) is 14.5. The van der Waals surface area contributed by atoms with Crippen molar-refractivity contribution in [3.05, 3.63) is 35.1 Å². The highest BCUT2D eigenvalue weighted by molar-refractivity contribution is 5.97. The zero-order valence-electron chi connectivity index (χ0n) is 12.4. The number of nitrogens with zero attached hydrogens (tertiary/aromatic N) is 1. The minimum atomic E-state index is -0.438. The van der Waals surface area contributed by atoms with Gasteiger partial charge in [-0.3, -0.25) is 4.79 Å². The van der Waals surface area contributed by atoms with Crippen molar-refractivity contribution >= 4 is 5.91 Å². The summed E-state index contributed by atoms with van der Waals surface area (Å²) in [5.74, 6) is 5.16. The fraction of sp³-hybridized carbons (Fsp3) is 0.471. The highest BCUT2D eigenvalue weighted by atomic mass is 19.1. The molecule has 1 aromatic carbocycles. The number of aliphatic hydroxyl groups is 1. The molecule has 1 aromatic rings. The first-order valence-electron chi connectivity index (χ1n) is 7.23. The third kappa shape index (κ3) is 4.05. The van der Waals surface area contributed by atoms with Gasteiger partial charge in [0.2, 0.25) is 0 Å². The molecule has 0 heterocycles. The van der Waals surface area contributed by atoms with E-state index >= 15 is 0 Å². The Morgan fingerprint density at radius 3 is 2.76 bits per heavy atom. The molecule has 0 spiro atoms. The van der Waals surface area contributed by atoms with Crippen molar-refractivity contribution in [2.75, 3.05) is 13.2 Å².